The average molecular weight is 230 g/mol. The summed E-state index contributed by atoms with van der Waals surface area (Å²) in [5, 5.41) is 20.4. The van der Waals surface area contributed by atoms with Crippen molar-refractivity contribution in [1.29, 1.82) is 0 Å². The molecule has 0 rings (SSSR count). The maximum atomic E-state index is 11.2. The molecule has 1 amide bonds. The smallest absolute Gasteiger partial charge is 0.246 e. The van der Waals surface area contributed by atoms with E-state index in [2.05, 4.69) is 11.9 Å². The molecule has 0 heterocycles. The van der Waals surface area contributed by atoms with Gasteiger partial charge in [0.2, 0.25) is 5.91 Å². The zero-order valence-electron chi connectivity index (χ0n) is 9.83. The van der Waals surface area contributed by atoms with Crippen molar-refractivity contribution in [2.24, 2.45) is 5.73 Å². The molecule has 0 spiro atoms. The number of aliphatic hydroxyl groups is 2. The number of aliphatic hydroxyl groups excluding tert-OH is 2. The molecule has 0 fully saturated rings. The van der Waals surface area contributed by atoms with Gasteiger partial charge in [-0.15, -0.1) is 0 Å². The van der Waals surface area contributed by atoms with Crippen LogP contribution >= 0.6 is 0 Å². The molecule has 0 aliphatic carbocycles. The first-order valence-corrected chi connectivity index (χ1v) is 5.39. The van der Waals surface area contributed by atoms with E-state index in [4.69, 9.17) is 15.9 Å². The van der Waals surface area contributed by atoms with Crippen molar-refractivity contribution in [3.63, 3.8) is 0 Å². The van der Waals surface area contributed by atoms with Gasteiger partial charge in [0.25, 0.3) is 0 Å². The van der Waals surface area contributed by atoms with Crippen LogP contribution in [-0.4, -0.2) is 41.4 Å². The predicted octanol–water partition coefficient (Wildman–Crippen LogP) is -0.469. The Morgan fingerprint density at radius 2 is 1.81 bits per heavy atom. The first-order chi connectivity index (χ1) is 7.45. The number of nitrogens with one attached hydrogen (secondary N) is 1. The third-order valence-electron chi connectivity index (χ3n) is 2.52. The lowest BCUT2D eigenvalue weighted by atomic mass is 9.89. The molecule has 0 bridgehead atoms. The van der Waals surface area contributed by atoms with Gasteiger partial charge in [-0.2, -0.15) is 0 Å². The van der Waals surface area contributed by atoms with E-state index < -0.39 is 5.54 Å². The van der Waals surface area contributed by atoms with Crippen LogP contribution in [0.15, 0.2) is 12.2 Å². The molecule has 0 aromatic heterocycles. The van der Waals surface area contributed by atoms with E-state index >= 15 is 0 Å². The van der Waals surface area contributed by atoms with Gasteiger partial charge in [-0.25, -0.2) is 0 Å². The van der Waals surface area contributed by atoms with Crippen LogP contribution < -0.4 is 11.1 Å². The van der Waals surface area contributed by atoms with E-state index in [1.807, 2.05) is 0 Å². The summed E-state index contributed by atoms with van der Waals surface area (Å²) in [5.41, 5.74) is 5.82. The Morgan fingerprint density at radius 1 is 1.31 bits per heavy atom. The maximum absolute atomic E-state index is 11.2. The normalized spacial score (nSPS) is 11.2. The van der Waals surface area contributed by atoms with E-state index in [0.29, 0.717) is 31.4 Å². The van der Waals surface area contributed by atoms with Crippen LogP contribution in [0.4, 0.5) is 0 Å². The third kappa shape index (κ3) is 5.85. The van der Waals surface area contributed by atoms with Crippen LogP contribution in [0, 0.1) is 0 Å². The van der Waals surface area contributed by atoms with Crippen LogP contribution in [0.1, 0.15) is 26.2 Å². The molecule has 16 heavy (non-hydrogen) atoms. The highest BCUT2D eigenvalue weighted by atomic mass is 16.3. The molecule has 0 aromatic rings. The minimum atomic E-state index is -0.619. The van der Waals surface area contributed by atoms with E-state index in [-0.39, 0.29) is 19.1 Å². The first kappa shape index (κ1) is 15.1. The van der Waals surface area contributed by atoms with Gasteiger partial charge in [0.15, 0.2) is 0 Å². The van der Waals surface area contributed by atoms with Crippen LogP contribution in [0.25, 0.3) is 0 Å². The van der Waals surface area contributed by atoms with Gasteiger partial charge in [0, 0.05) is 30.9 Å². The first-order valence-electron chi connectivity index (χ1n) is 5.39. The van der Waals surface area contributed by atoms with Gasteiger partial charge >= 0.3 is 0 Å². The summed E-state index contributed by atoms with van der Waals surface area (Å²) in [4.78, 5) is 11.2. The molecule has 5 N–H and O–H groups in total. The fourth-order valence-corrected chi connectivity index (χ4v) is 1.40. The molecule has 0 aliphatic heterocycles. The second-order valence-corrected chi connectivity index (χ2v) is 4.10. The Balaban J connectivity index is 4.02. The zero-order valence-corrected chi connectivity index (χ0v) is 9.83. The molecule has 5 heteroatoms. The van der Waals surface area contributed by atoms with E-state index in [0.717, 1.165) is 0 Å². The van der Waals surface area contributed by atoms with Crippen molar-refractivity contribution in [3.8, 4) is 0 Å². The summed E-state index contributed by atoms with van der Waals surface area (Å²) in [7, 11) is 0. The van der Waals surface area contributed by atoms with Crippen LogP contribution in [0.2, 0.25) is 0 Å². The molecule has 0 radical (unpaired) electrons. The molecule has 0 saturated carbocycles. The molecule has 0 unspecified atom stereocenters. The summed E-state index contributed by atoms with van der Waals surface area (Å²) < 4.78 is 0. The highest BCUT2D eigenvalue weighted by molar-refractivity contribution is 5.91. The van der Waals surface area contributed by atoms with Gasteiger partial charge in [-0.1, -0.05) is 6.58 Å². The fourth-order valence-electron chi connectivity index (χ4n) is 1.40. The van der Waals surface area contributed by atoms with Crippen LogP contribution in [0.3, 0.4) is 0 Å². The number of rotatable bonds is 8. The topological polar surface area (TPSA) is 95.6 Å². The summed E-state index contributed by atoms with van der Waals surface area (Å²) in [6, 6.07) is 0. The molecule has 5 nitrogen and oxygen atoms in total. The Bertz CT molecular complexity index is 235. The molecule has 94 valence electrons. The van der Waals surface area contributed by atoms with Crippen molar-refractivity contribution >= 4 is 5.91 Å². The number of hydrogen-bond acceptors (Lipinski definition) is 4. The monoisotopic (exact) mass is 230 g/mol. The summed E-state index contributed by atoms with van der Waals surface area (Å²) in [6.07, 6.45) is 1.35. The lowest BCUT2D eigenvalue weighted by molar-refractivity contribution is -0.117. The summed E-state index contributed by atoms with van der Waals surface area (Å²) in [5.74, 6) is -0.199. The second kappa shape index (κ2) is 7.38. The third-order valence-corrected chi connectivity index (χ3v) is 2.52. The van der Waals surface area contributed by atoms with E-state index in [1.54, 1.807) is 6.92 Å². The van der Waals surface area contributed by atoms with Gasteiger partial charge < -0.3 is 21.3 Å². The summed E-state index contributed by atoms with van der Waals surface area (Å²) >= 11 is 0. The molecule has 0 atom stereocenters. The van der Waals surface area contributed by atoms with Crippen molar-refractivity contribution in [2.75, 3.05) is 19.8 Å². The van der Waals surface area contributed by atoms with Gasteiger partial charge in [-0.3, -0.25) is 4.79 Å². The van der Waals surface area contributed by atoms with Crippen molar-refractivity contribution in [2.45, 2.75) is 31.7 Å². The predicted molar refractivity (Wildman–Crippen MR) is 62.8 cm³/mol. The lowest BCUT2D eigenvalue weighted by Gasteiger charge is -2.28. The number of carbonyl (C=O) groups excluding carboxylic acids is 1. The Morgan fingerprint density at radius 3 is 2.19 bits per heavy atom. The summed E-state index contributed by atoms with van der Waals surface area (Å²) in [6.45, 7) is 5.52. The largest absolute Gasteiger partial charge is 0.396 e. The highest BCUT2D eigenvalue weighted by Gasteiger charge is 2.23. The van der Waals surface area contributed by atoms with Crippen LogP contribution in [-0.2, 0) is 4.79 Å². The Kier molecular flexibility index (Phi) is 6.96. The van der Waals surface area contributed by atoms with Gasteiger partial charge in [0.1, 0.15) is 0 Å². The number of nitrogens with two attached hydrogens (primary N) is 1. The van der Waals surface area contributed by atoms with E-state index in [1.165, 1.54) is 0 Å². The second-order valence-electron chi connectivity index (χ2n) is 4.10. The highest BCUT2D eigenvalue weighted by Crippen LogP contribution is 2.15. The van der Waals surface area contributed by atoms with Gasteiger partial charge in [0.05, 0.1) is 0 Å². The van der Waals surface area contributed by atoms with Gasteiger partial charge in [-0.05, 0) is 26.2 Å². The molecular weight excluding hydrogens is 208 g/mol. The number of carbonyl (C=O) groups is 1. The van der Waals surface area contributed by atoms with Crippen molar-refractivity contribution < 1.29 is 15.0 Å². The maximum Gasteiger partial charge on any atom is 0.246 e. The lowest BCUT2D eigenvalue weighted by Crippen LogP contribution is -2.44. The van der Waals surface area contributed by atoms with Crippen molar-refractivity contribution in [1.82, 2.24) is 5.32 Å². The van der Waals surface area contributed by atoms with E-state index in [9.17, 15) is 4.79 Å². The molecule has 0 aliphatic rings. The quantitative estimate of drug-likeness (QED) is 0.424. The molecular formula is C11H22N2O3. The zero-order chi connectivity index (χ0) is 12.6. The standard InChI is InChI=1S/C11H22N2O3/c1-9(2)10(16)13-6-3-11(12,4-7-14)5-8-15/h14-15H,1,3-8,12H2,2H3,(H,13,16). The Hall–Kier alpha value is -0.910. The Labute approximate surface area is 96.3 Å². The number of amides is 1. The van der Waals surface area contributed by atoms with Crippen molar-refractivity contribution in [3.05, 3.63) is 12.2 Å². The van der Waals surface area contributed by atoms with Crippen LogP contribution in [0.5, 0.6) is 0 Å². The molecule has 0 aromatic carbocycles. The molecule has 0 saturated heterocycles. The fraction of sp³-hybridized carbons (Fsp3) is 0.727. The minimum Gasteiger partial charge on any atom is -0.396 e. The SMILES string of the molecule is C=C(C)C(=O)NCCC(N)(CCO)CCO. The minimum absolute atomic E-state index is 0.0229. The number of hydrogen-bond donors (Lipinski definition) is 4. The average Bonchev–Trinajstić information content (AvgIpc) is 2.17.